The standard InChI is InChI=1S/C10H18O2/c11-6-9-5-8-1-3-10(9,7-12)4-2-8/h8-9,11-12H,1-7H2. The lowest BCUT2D eigenvalue weighted by Gasteiger charge is -2.50. The summed E-state index contributed by atoms with van der Waals surface area (Å²) in [5, 5.41) is 18.6. The molecule has 2 nitrogen and oxygen atoms in total. The SMILES string of the molecule is OCC1CC2CCC1(CO)CC2. The van der Waals surface area contributed by atoms with E-state index in [4.69, 9.17) is 0 Å². The Bertz CT molecular complexity index is 159. The van der Waals surface area contributed by atoms with Gasteiger partial charge in [0, 0.05) is 13.2 Å². The van der Waals surface area contributed by atoms with Gasteiger partial charge in [-0.3, -0.25) is 0 Å². The minimum atomic E-state index is 0.101. The highest BCUT2D eigenvalue weighted by molar-refractivity contribution is 4.96. The van der Waals surface area contributed by atoms with Crippen LogP contribution in [0.3, 0.4) is 0 Å². The van der Waals surface area contributed by atoms with Crippen LogP contribution in [0.15, 0.2) is 0 Å². The van der Waals surface area contributed by atoms with Crippen LogP contribution in [0.4, 0.5) is 0 Å². The van der Waals surface area contributed by atoms with Crippen LogP contribution in [0.25, 0.3) is 0 Å². The van der Waals surface area contributed by atoms with Crippen LogP contribution < -0.4 is 0 Å². The second-order valence-corrected chi connectivity index (χ2v) is 4.58. The number of fused-ring (bicyclic) bond motifs is 3. The Kier molecular flexibility index (Phi) is 2.13. The molecule has 0 aromatic rings. The fourth-order valence-electron chi connectivity index (χ4n) is 3.10. The number of hydrogen-bond donors (Lipinski definition) is 2. The molecule has 0 aromatic carbocycles. The van der Waals surface area contributed by atoms with E-state index in [2.05, 4.69) is 0 Å². The molecule has 0 heterocycles. The summed E-state index contributed by atoms with van der Waals surface area (Å²) in [6, 6.07) is 0. The Hall–Kier alpha value is -0.0800. The third-order valence-corrected chi connectivity index (χ3v) is 4.12. The fraction of sp³-hybridized carbons (Fsp3) is 1.00. The number of aliphatic hydroxyl groups excluding tert-OH is 2. The summed E-state index contributed by atoms with van der Waals surface area (Å²) in [4.78, 5) is 0. The Balaban J connectivity index is 2.15. The second-order valence-electron chi connectivity index (χ2n) is 4.58. The summed E-state index contributed by atoms with van der Waals surface area (Å²) < 4.78 is 0. The van der Waals surface area contributed by atoms with Crippen molar-refractivity contribution in [2.45, 2.75) is 32.1 Å². The van der Waals surface area contributed by atoms with E-state index in [1.54, 1.807) is 0 Å². The van der Waals surface area contributed by atoms with E-state index in [-0.39, 0.29) is 18.6 Å². The first kappa shape index (κ1) is 8.52. The number of aliphatic hydroxyl groups is 2. The Morgan fingerprint density at radius 3 is 2.25 bits per heavy atom. The zero-order chi connectivity index (χ0) is 8.60. The van der Waals surface area contributed by atoms with Crippen molar-refractivity contribution < 1.29 is 10.2 Å². The smallest absolute Gasteiger partial charge is 0.0490 e. The first-order valence-electron chi connectivity index (χ1n) is 5.02. The Labute approximate surface area is 73.6 Å². The van der Waals surface area contributed by atoms with Crippen LogP contribution in [0.5, 0.6) is 0 Å². The maximum absolute atomic E-state index is 9.36. The van der Waals surface area contributed by atoms with Crippen LogP contribution in [0.1, 0.15) is 32.1 Å². The van der Waals surface area contributed by atoms with E-state index in [0.29, 0.717) is 5.92 Å². The molecule has 2 bridgehead atoms. The van der Waals surface area contributed by atoms with Gasteiger partial charge in [-0.05, 0) is 49.4 Å². The van der Waals surface area contributed by atoms with Gasteiger partial charge in [0.25, 0.3) is 0 Å². The summed E-state index contributed by atoms with van der Waals surface area (Å²) in [5.74, 6) is 1.23. The van der Waals surface area contributed by atoms with E-state index in [1.807, 2.05) is 0 Å². The van der Waals surface area contributed by atoms with Gasteiger partial charge in [-0.2, -0.15) is 0 Å². The van der Waals surface area contributed by atoms with Crippen molar-refractivity contribution in [3.05, 3.63) is 0 Å². The van der Waals surface area contributed by atoms with Crippen molar-refractivity contribution in [2.24, 2.45) is 17.3 Å². The first-order chi connectivity index (χ1) is 5.80. The lowest BCUT2D eigenvalue weighted by molar-refractivity contribution is -0.0671. The molecule has 70 valence electrons. The molecule has 1 atom stereocenters. The number of hydrogen-bond acceptors (Lipinski definition) is 2. The normalized spacial score (nSPS) is 46.5. The molecule has 12 heavy (non-hydrogen) atoms. The van der Waals surface area contributed by atoms with Gasteiger partial charge < -0.3 is 10.2 Å². The molecule has 0 aromatic heterocycles. The van der Waals surface area contributed by atoms with Crippen molar-refractivity contribution >= 4 is 0 Å². The van der Waals surface area contributed by atoms with Gasteiger partial charge in [0.05, 0.1) is 0 Å². The summed E-state index contributed by atoms with van der Waals surface area (Å²) in [6.07, 6.45) is 5.98. The zero-order valence-corrected chi connectivity index (χ0v) is 7.50. The average molecular weight is 170 g/mol. The van der Waals surface area contributed by atoms with Crippen LogP contribution >= 0.6 is 0 Å². The van der Waals surface area contributed by atoms with Gasteiger partial charge in [0.2, 0.25) is 0 Å². The number of rotatable bonds is 2. The highest BCUT2D eigenvalue weighted by Gasteiger charge is 2.46. The molecule has 2 N–H and O–H groups in total. The summed E-state index contributed by atoms with van der Waals surface area (Å²) in [7, 11) is 0. The monoisotopic (exact) mass is 170 g/mol. The van der Waals surface area contributed by atoms with Crippen LogP contribution in [-0.2, 0) is 0 Å². The second kappa shape index (κ2) is 3.00. The zero-order valence-electron chi connectivity index (χ0n) is 7.50. The van der Waals surface area contributed by atoms with Crippen molar-refractivity contribution in [2.75, 3.05) is 13.2 Å². The minimum absolute atomic E-state index is 0.101. The molecule has 3 fully saturated rings. The molecule has 3 aliphatic rings. The maximum atomic E-state index is 9.36. The van der Waals surface area contributed by atoms with E-state index in [9.17, 15) is 10.2 Å². The fourth-order valence-corrected chi connectivity index (χ4v) is 3.10. The molecule has 0 saturated heterocycles. The predicted octanol–water partition coefficient (Wildman–Crippen LogP) is 1.17. The summed E-state index contributed by atoms with van der Waals surface area (Å²) in [5.41, 5.74) is 0.101. The molecule has 0 radical (unpaired) electrons. The molecule has 3 saturated carbocycles. The van der Waals surface area contributed by atoms with Crippen molar-refractivity contribution in [1.29, 1.82) is 0 Å². The van der Waals surface area contributed by atoms with Crippen molar-refractivity contribution in [1.82, 2.24) is 0 Å². The van der Waals surface area contributed by atoms with E-state index in [1.165, 1.54) is 12.8 Å². The molecule has 2 heteroatoms. The molecule has 3 rings (SSSR count). The lowest BCUT2D eigenvalue weighted by Crippen LogP contribution is -2.46. The largest absolute Gasteiger partial charge is 0.396 e. The van der Waals surface area contributed by atoms with Gasteiger partial charge >= 0.3 is 0 Å². The van der Waals surface area contributed by atoms with Gasteiger partial charge in [-0.1, -0.05) is 0 Å². The quantitative estimate of drug-likeness (QED) is 0.653. The van der Waals surface area contributed by atoms with Crippen LogP contribution in [0.2, 0.25) is 0 Å². The van der Waals surface area contributed by atoms with E-state index >= 15 is 0 Å². The predicted molar refractivity (Wildman–Crippen MR) is 46.7 cm³/mol. The van der Waals surface area contributed by atoms with Crippen molar-refractivity contribution in [3.63, 3.8) is 0 Å². The molecule has 1 unspecified atom stereocenters. The maximum Gasteiger partial charge on any atom is 0.0490 e. The van der Waals surface area contributed by atoms with Crippen LogP contribution in [-0.4, -0.2) is 23.4 Å². The third kappa shape index (κ3) is 1.09. The highest BCUT2D eigenvalue weighted by atomic mass is 16.3. The third-order valence-electron chi connectivity index (χ3n) is 4.12. The first-order valence-corrected chi connectivity index (χ1v) is 5.02. The summed E-state index contributed by atoms with van der Waals surface area (Å²) >= 11 is 0. The molecule has 0 aliphatic heterocycles. The van der Waals surface area contributed by atoms with Crippen LogP contribution in [0, 0.1) is 17.3 Å². The lowest BCUT2D eigenvalue weighted by atomic mass is 9.55. The van der Waals surface area contributed by atoms with Gasteiger partial charge in [-0.15, -0.1) is 0 Å². The molecule has 3 aliphatic carbocycles. The molecule has 0 spiro atoms. The minimum Gasteiger partial charge on any atom is -0.396 e. The molecule has 0 amide bonds. The van der Waals surface area contributed by atoms with E-state index < -0.39 is 0 Å². The average Bonchev–Trinajstić information content (AvgIpc) is 2.19. The highest BCUT2D eigenvalue weighted by Crippen LogP contribution is 2.53. The van der Waals surface area contributed by atoms with Crippen molar-refractivity contribution in [3.8, 4) is 0 Å². The van der Waals surface area contributed by atoms with Gasteiger partial charge in [-0.25, -0.2) is 0 Å². The Morgan fingerprint density at radius 1 is 1.17 bits per heavy atom. The van der Waals surface area contributed by atoms with E-state index in [0.717, 1.165) is 25.2 Å². The van der Waals surface area contributed by atoms with Gasteiger partial charge in [0.15, 0.2) is 0 Å². The summed E-state index contributed by atoms with van der Waals surface area (Å²) in [6.45, 7) is 0.558. The molecular formula is C10H18O2. The van der Waals surface area contributed by atoms with Gasteiger partial charge in [0.1, 0.15) is 0 Å². The topological polar surface area (TPSA) is 40.5 Å². The Morgan fingerprint density at radius 2 is 1.83 bits per heavy atom. The molecular weight excluding hydrogens is 152 g/mol.